The van der Waals surface area contributed by atoms with Crippen molar-refractivity contribution in [2.45, 2.75) is 13.8 Å². The number of rotatable bonds is 3. The van der Waals surface area contributed by atoms with Gasteiger partial charge in [0.1, 0.15) is 0 Å². The van der Waals surface area contributed by atoms with Gasteiger partial charge in [-0.25, -0.2) is 0 Å². The highest BCUT2D eigenvalue weighted by atomic mass is 79.9. The van der Waals surface area contributed by atoms with Crippen LogP contribution in [0, 0.1) is 6.92 Å². The largest absolute Gasteiger partial charge is 0.411 e. The van der Waals surface area contributed by atoms with E-state index in [-0.39, 0.29) is 5.91 Å². The van der Waals surface area contributed by atoms with Gasteiger partial charge in [0.2, 0.25) is 0 Å². The summed E-state index contributed by atoms with van der Waals surface area (Å²) in [5.74, 6) is -0.135. The summed E-state index contributed by atoms with van der Waals surface area (Å²) < 4.78 is 0.966. The maximum atomic E-state index is 12.1. The van der Waals surface area contributed by atoms with E-state index >= 15 is 0 Å². The highest BCUT2D eigenvalue weighted by Crippen LogP contribution is 2.27. The number of halogens is 1. The van der Waals surface area contributed by atoms with Gasteiger partial charge in [0, 0.05) is 5.69 Å². The number of carbonyl (C=O) groups is 1. The first-order chi connectivity index (χ1) is 9.51. The Morgan fingerprint density at radius 1 is 1.35 bits per heavy atom. The molecule has 0 fully saturated rings. The summed E-state index contributed by atoms with van der Waals surface area (Å²) >= 11 is 4.81. The minimum Gasteiger partial charge on any atom is -0.411 e. The van der Waals surface area contributed by atoms with E-state index in [4.69, 9.17) is 5.21 Å². The fourth-order valence-corrected chi connectivity index (χ4v) is 3.05. The lowest BCUT2D eigenvalue weighted by molar-refractivity contribution is 0.103. The predicted octanol–water partition coefficient (Wildman–Crippen LogP) is 4.27. The van der Waals surface area contributed by atoms with Crippen molar-refractivity contribution in [3.8, 4) is 0 Å². The number of aryl methyl sites for hydroxylation is 1. The fraction of sp³-hybridized carbons (Fsp3) is 0.143. The molecule has 4 nitrogen and oxygen atoms in total. The second-order valence-corrected chi connectivity index (χ2v) is 6.65. The Morgan fingerprint density at radius 2 is 2.00 bits per heavy atom. The maximum Gasteiger partial charge on any atom is 0.265 e. The minimum absolute atomic E-state index is 0.135. The molecule has 1 aromatic carbocycles. The molecule has 0 aliphatic carbocycles. The molecular formula is C14H13BrN2O2S. The van der Waals surface area contributed by atoms with E-state index in [9.17, 15) is 4.79 Å². The normalized spacial score (nSPS) is 11.4. The van der Waals surface area contributed by atoms with Crippen molar-refractivity contribution in [1.29, 1.82) is 0 Å². The molecule has 0 aliphatic heterocycles. The van der Waals surface area contributed by atoms with Gasteiger partial charge in [-0.05, 0) is 59.1 Å². The lowest BCUT2D eigenvalue weighted by Crippen LogP contribution is -2.10. The van der Waals surface area contributed by atoms with E-state index in [0.717, 1.165) is 14.9 Å². The Balaban J connectivity index is 2.12. The lowest BCUT2D eigenvalue weighted by atomic mass is 10.1. The number of nitrogens with zero attached hydrogens (tertiary/aromatic N) is 1. The van der Waals surface area contributed by atoms with Crippen LogP contribution in [0.4, 0.5) is 5.69 Å². The van der Waals surface area contributed by atoms with Gasteiger partial charge < -0.3 is 10.5 Å². The summed E-state index contributed by atoms with van der Waals surface area (Å²) in [5, 5.41) is 14.7. The van der Waals surface area contributed by atoms with Crippen molar-refractivity contribution in [2.75, 3.05) is 5.32 Å². The van der Waals surface area contributed by atoms with Crippen molar-refractivity contribution in [3.05, 3.63) is 50.1 Å². The van der Waals surface area contributed by atoms with E-state index < -0.39 is 0 Å². The van der Waals surface area contributed by atoms with Gasteiger partial charge in [-0.15, -0.1) is 11.3 Å². The molecule has 1 heterocycles. The molecule has 2 rings (SSSR count). The number of oxime groups is 1. The summed E-state index contributed by atoms with van der Waals surface area (Å²) in [6.07, 6.45) is 0. The third-order valence-corrected chi connectivity index (χ3v) is 4.93. The molecule has 0 aliphatic rings. The van der Waals surface area contributed by atoms with Crippen LogP contribution in [0.15, 0.2) is 39.3 Å². The van der Waals surface area contributed by atoms with Crippen LogP contribution < -0.4 is 5.32 Å². The number of thiophene rings is 1. The van der Waals surface area contributed by atoms with E-state index in [2.05, 4.69) is 26.4 Å². The monoisotopic (exact) mass is 352 g/mol. The van der Waals surface area contributed by atoms with Crippen LogP contribution in [0.3, 0.4) is 0 Å². The van der Waals surface area contributed by atoms with Crippen LogP contribution in [0.1, 0.15) is 27.7 Å². The molecule has 0 bridgehead atoms. The SMILES string of the molecule is C/C(=N/O)c1ccc(NC(=O)c2cc(C)c(Br)s2)cc1. The standard InChI is InChI=1S/C14H13BrN2O2S/c1-8-7-12(20-13(8)15)14(18)16-11-5-3-10(4-6-11)9(2)17-19/h3-7,19H,1-2H3,(H,16,18)/b17-9-. The molecule has 0 radical (unpaired) electrons. The molecule has 104 valence electrons. The maximum absolute atomic E-state index is 12.1. The molecule has 2 N–H and O–H groups in total. The van der Waals surface area contributed by atoms with Crippen LogP contribution in [0.5, 0.6) is 0 Å². The van der Waals surface area contributed by atoms with Crippen molar-refractivity contribution in [3.63, 3.8) is 0 Å². The average Bonchev–Trinajstić information content (AvgIpc) is 2.79. The van der Waals surface area contributed by atoms with Gasteiger partial charge >= 0.3 is 0 Å². The summed E-state index contributed by atoms with van der Waals surface area (Å²) in [5.41, 5.74) is 3.08. The van der Waals surface area contributed by atoms with Gasteiger partial charge in [-0.3, -0.25) is 4.79 Å². The van der Waals surface area contributed by atoms with Crippen LogP contribution in [-0.2, 0) is 0 Å². The van der Waals surface area contributed by atoms with Crippen LogP contribution >= 0.6 is 27.3 Å². The molecule has 1 aromatic heterocycles. The molecule has 0 atom stereocenters. The molecule has 0 unspecified atom stereocenters. The van der Waals surface area contributed by atoms with Crippen LogP contribution in [0.25, 0.3) is 0 Å². The second kappa shape index (κ2) is 6.19. The Hall–Kier alpha value is -1.66. The van der Waals surface area contributed by atoms with Crippen LogP contribution in [0.2, 0.25) is 0 Å². The third kappa shape index (κ3) is 3.26. The predicted molar refractivity (Wildman–Crippen MR) is 85.1 cm³/mol. The topological polar surface area (TPSA) is 61.7 Å². The number of hydrogen-bond acceptors (Lipinski definition) is 4. The lowest BCUT2D eigenvalue weighted by Gasteiger charge is -2.04. The third-order valence-electron chi connectivity index (χ3n) is 2.79. The van der Waals surface area contributed by atoms with Gasteiger partial charge in [0.15, 0.2) is 0 Å². The molecular weight excluding hydrogens is 340 g/mol. The smallest absolute Gasteiger partial charge is 0.265 e. The van der Waals surface area contributed by atoms with E-state index in [1.165, 1.54) is 11.3 Å². The van der Waals surface area contributed by atoms with Crippen molar-refractivity contribution < 1.29 is 10.0 Å². The average molecular weight is 353 g/mol. The Kier molecular flexibility index (Phi) is 4.57. The molecule has 0 saturated carbocycles. The van der Waals surface area contributed by atoms with E-state index in [1.807, 2.05) is 13.0 Å². The number of anilines is 1. The zero-order valence-corrected chi connectivity index (χ0v) is 13.4. The number of benzene rings is 1. The number of hydrogen-bond donors (Lipinski definition) is 2. The molecule has 0 saturated heterocycles. The van der Waals surface area contributed by atoms with Gasteiger partial charge in [0.25, 0.3) is 5.91 Å². The molecule has 20 heavy (non-hydrogen) atoms. The van der Waals surface area contributed by atoms with E-state index in [0.29, 0.717) is 16.3 Å². The zero-order valence-electron chi connectivity index (χ0n) is 11.0. The first-order valence-corrected chi connectivity index (χ1v) is 7.48. The van der Waals surface area contributed by atoms with Crippen LogP contribution in [-0.4, -0.2) is 16.8 Å². The van der Waals surface area contributed by atoms with Crippen molar-refractivity contribution in [2.24, 2.45) is 5.16 Å². The first kappa shape index (κ1) is 14.7. The van der Waals surface area contributed by atoms with Gasteiger partial charge in [-0.2, -0.15) is 0 Å². The Bertz CT molecular complexity index is 643. The quantitative estimate of drug-likeness (QED) is 0.492. The minimum atomic E-state index is -0.135. The zero-order chi connectivity index (χ0) is 14.7. The Morgan fingerprint density at radius 3 is 2.50 bits per heavy atom. The second-order valence-electron chi connectivity index (χ2n) is 4.28. The van der Waals surface area contributed by atoms with E-state index in [1.54, 1.807) is 31.2 Å². The highest BCUT2D eigenvalue weighted by Gasteiger charge is 2.11. The van der Waals surface area contributed by atoms with Crippen molar-refractivity contribution in [1.82, 2.24) is 0 Å². The molecule has 2 aromatic rings. The first-order valence-electron chi connectivity index (χ1n) is 5.87. The molecule has 6 heteroatoms. The van der Waals surface area contributed by atoms with Crippen molar-refractivity contribution >= 4 is 44.6 Å². The Labute approximate surface area is 129 Å². The fourth-order valence-electron chi connectivity index (χ4n) is 1.62. The summed E-state index contributed by atoms with van der Waals surface area (Å²) in [4.78, 5) is 12.7. The summed E-state index contributed by atoms with van der Waals surface area (Å²) in [7, 11) is 0. The molecule has 1 amide bonds. The number of nitrogens with one attached hydrogen (secondary N) is 1. The summed E-state index contributed by atoms with van der Waals surface area (Å²) in [6.45, 7) is 3.66. The van der Waals surface area contributed by atoms with Gasteiger partial charge in [-0.1, -0.05) is 17.3 Å². The number of amides is 1. The number of carbonyl (C=O) groups excluding carboxylic acids is 1. The summed E-state index contributed by atoms with van der Waals surface area (Å²) in [6, 6.07) is 8.98. The highest BCUT2D eigenvalue weighted by molar-refractivity contribution is 9.11. The molecule has 0 spiro atoms. The van der Waals surface area contributed by atoms with Gasteiger partial charge in [0.05, 0.1) is 14.4 Å².